The Labute approximate surface area is 117 Å². The molecule has 0 atom stereocenters. The largest absolute Gasteiger partial charge is 0.378 e. The average Bonchev–Trinajstić information content (AvgIpc) is 2.88. The van der Waals surface area contributed by atoms with E-state index in [0.717, 1.165) is 44.3 Å². The highest BCUT2D eigenvalue weighted by atomic mass is 16.5. The van der Waals surface area contributed by atoms with Gasteiger partial charge >= 0.3 is 0 Å². The molecule has 0 unspecified atom stereocenters. The molecule has 1 fully saturated rings. The van der Waals surface area contributed by atoms with Gasteiger partial charge in [-0.1, -0.05) is 0 Å². The third-order valence-corrected chi connectivity index (χ3v) is 3.67. The highest BCUT2D eigenvalue weighted by Crippen LogP contribution is 2.18. The van der Waals surface area contributed by atoms with Crippen molar-refractivity contribution < 1.29 is 4.74 Å². The van der Waals surface area contributed by atoms with E-state index in [2.05, 4.69) is 39.4 Å². The Morgan fingerprint density at radius 1 is 1.40 bits per heavy atom. The zero-order valence-electron chi connectivity index (χ0n) is 11.9. The first-order chi connectivity index (χ1) is 9.65. The molecule has 2 aromatic heterocycles. The van der Waals surface area contributed by atoms with E-state index in [0.29, 0.717) is 0 Å². The van der Waals surface area contributed by atoms with Crippen molar-refractivity contribution in [3.8, 4) is 0 Å². The SMILES string of the molecule is CC1(C)COCCN1CCNc1ccc2nncn2n1. The van der Waals surface area contributed by atoms with Crippen molar-refractivity contribution >= 4 is 11.5 Å². The summed E-state index contributed by atoms with van der Waals surface area (Å²) >= 11 is 0. The van der Waals surface area contributed by atoms with Crippen LogP contribution in [0.1, 0.15) is 13.8 Å². The van der Waals surface area contributed by atoms with E-state index in [9.17, 15) is 0 Å². The molecule has 0 bridgehead atoms. The predicted molar refractivity (Wildman–Crippen MR) is 75.7 cm³/mol. The van der Waals surface area contributed by atoms with Gasteiger partial charge in [0, 0.05) is 25.2 Å². The highest BCUT2D eigenvalue weighted by molar-refractivity contribution is 5.42. The fourth-order valence-electron chi connectivity index (χ4n) is 2.45. The van der Waals surface area contributed by atoms with Crippen LogP contribution >= 0.6 is 0 Å². The van der Waals surface area contributed by atoms with Gasteiger partial charge in [-0.2, -0.15) is 4.52 Å². The van der Waals surface area contributed by atoms with Crippen LogP contribution in [0.25, 0.3) is 5.65 Å². The number of hydrogen-bond donors (Lipinski definition) is 1. The van der Waals surface area contributed by atoms with Crippen LogP contribution in [0.2, 0.25) is 0 Å². The number of morpholine rings is 1. The Bertz CT molecular complexity index is 581. The van der Waals surface area contributed by atoms with Gasteiger partial charge < -0.3 is 10.1 Å². The molecule has 20 heavy (non-hydrogen) atoms. The molecule has 1 aliphatic heterocycles. The summed E-state index contributed by atoms with van der Waals surface area (Å²) in [5.74, 6) is 0.836. The number of hydrogen-bond acceptors (Lipinski definition) is 6. The van der Waals surface area contributed by atoms with Gasteiger partial charge in [-0.25, -0.2) is 0 Å². The number of ether oxygens (including phenoxy) is 1. The molecule has 2 aromatic rings. The Morgan fingerprint density at radius 3 is 3.15 bits per heavy atom. The van der Waals surface area contributed by atoms with Crippen LogP contribution < -0.4 is 5.32 Å². The Hall–Kier alpha value is -1.73. The molecule has 1 N–H and O–H groups in total. The number of aromatic nitrogens is 4. The van der Waals surface area contributed by atoms with Gasteiger partial charge in [-0.3, -0.25) is 4.90 Å². The van der Waals surface area contributed by atoms with Crippen LogP contribution in [0.3, 0.4) is 0 Å². The lowest BCUT2D eigenvalue weighted by molar-refractivity contribution is -0.0487. The molecule has 1 aliphatic rings. The summed E-state index contributed by atoms with van der Waals surface area (Å²) in [6, 6.07) is 3.83. The molecular formula is C13H20N6O. The maximum Gasteiger partial charge on any atom is 0.177 e. The van der Waals surface area contributed by atoms with Crippen molar-refractivity contribution in [2.75, 3.05) is 38.2 Å². The van der Waals surface area contributed by atoms with E-state index >= 15 is 0 Å². The molecule has 0 saturated carbocycles. The molecule has 0 radical (unpaired) electrons. The second-order valence-corrected chi connectivity index (χ2v) is 5.63. The third kappa shape index (κ3) is 2.73. The Morgan fingerprint density at radius 2 is 2.30 bits per heavy atom. The normalized spacial score (nSPS) is 19.3. The summed E-state index contributed by atoms with van der Waals surface area (Å²) in [4.78, 5) is 2.45. The lowest BCUT2D eigenvalue weighted by Gasteiger charge is -2.42. The molecule has 0 spiro atoms. The summed E-state index contributed by atoms with van der Waals surface area (Å²) in [5.41, 5.74) is 0.857. The van der Waals surface area contributed by atoms with Crippen LogP contribution in [-0.4, -0.2) is 63.1 Å². The minimum atomic E-state index is 0.103. The minimum absolute atomic E-state index is 0.103. The van der Waals surface area contributed by atoms with Gasteiger partial charge in [-0.15, -0.1) is 15.3 Å². The standard InChI is InChI=1S/C13H20N6O/c1-13(2)9-20-8-7-18(13)6-5-14-11-3-4-12-16-15-10-19(12)17-11/h3-4,10H,5-9H2,1-2H3,(H,14,17). The summed E-state index contributed by atoms with van der Waals surface area (Å²) in [6.07, 6.45) is 1.60. The third-order valence-electron chi connectivity index (χ3n) is 3.67. The van der Waals surface area contributed by atoms with E-state index < -0.39 is 0 Å². The zero-order chi connectivity index (χ0) is 14.0. The van der Waals surface area contributed by atoms with Crippen molar-refractivity contribution in [1.82, 2.24) is 24.7 Å². The molecule has 108 valence electrons. The number of rotatable bonds is 4. The first kappa shape index (κ1) is 13.3. The monoisotopic (exact) mass is 276 g/mol. The van der Waals surface area contributed by atoms with Crippen molar-refractivity contribution in [3.63, 3.8) is 0 Å². The van der Waals surface area contributed by atoms with Crippen LogP contribution in [0.15, 0.2) is 18.5 Å². The van der Waals surface area contributed by atoms with Gasteiger partial charge in [0.25, 0.3) is 0 Å². The second-order valence-electron chi connectivity index (χ2n) is 5.63. The number of nitrogens with one attached hydrogen (secondary N) is 1. The highest BCUT2D eigenvalue weighted by Gasteiger charge is 2.29. The first-order valence-corrected chi connectivity index (χ1v) is 6.89. The van der Waals surface area contributed by atoms with Gasteiger partial charge in [0.15, 0.2) is 5.65 Å². The van der Waals surface area contributed by atoms with E-state index in [1.807, 2.05) is 12.1 Å². The van der Waals surface area contributed by atoms with E-state index in [4.69, 9.17) is 4.74 Å². The zero-order valence-corrected chi connectivity index (χ0v) is 11.9. The van der Waals surface area contributed by atoms with Crippen LogP contribution in [0.4, 0.5) is 5.82 Å². The van der Waals surface area contributed by atoms with Gasteiger partial charge in [0.05, 0.1) is 13.2 Å². The fourth-order valence-corrected chi connectivity index (χ4v) is 2.45. The van der Waals surface area contributed by atoms with E-state index in [1.165, 1.54) is 0 Å². The maximum absolute atomic E-state index is 5.53. The summed E-state index contributed by atoms with van der Waals surface area (Å²) in [6.45, 7) is 8.84. The average molecular weight is 276 g/mol. The number of nitrogens with zero attached hydrogens (tertiary/aromatic N) is 5. The van der Waals surface area contributed by atoms with Gasteiger partial charge in [0.1, 0.15) is 12.1 Å². The van der Waals surface area contributed by atoms with E-state index in [1.54, 1.807) is 10.8 Å². The van der Waals surface area contributed by atoms with Crippen molar-refractivity contribution in [3.05, 3.63) is 18.5 Å². The van der Waals surface area contributed by atoms with Crippen molar-refractivity contribution in [2.45, 2.75) is 19.4 Å². The van der Waals surface area contributed by atoms with Crippen molar-refractivity contribution in [2.24, 2.45) is 0 Å². The van der Waals surface area contributed by atoms with Crippen LogP contribution in [-0.2, 0) is 4.74 Å². The molecule has 1 saturated heterocycles. The fraction of sp³-hybridized carbons (Fsp3) is 0.615. The van der Waals surface area contributed by atoms with Gasteiger partial charge in [-0.05, 0) is 26.0 Å². The maximum atomic E-state index is 5.53. The summed E-state index contributed by atoms with van der Waals surface area (Å²) in [5, 5.41) is 15.5. The molecule has 7 nitrogen and oxygen atoms in total. The molecule has 0 aromatic carbocycles. The van der Waals surface area contributed by atoms with E-state index in [-0.39, 0.29) is 5.54 Å². The second kappa shape index (κ2) is 5.34. The molecular weight excluding hydrogens is 256 g/mol. The molecule has 3 heterocycles. The smallest absolute Gasteiger partial charge is 0.177 e. The summed E-state index contributed by atoms with van der Waals surface area (Å²) < 4.78 is 7.19. The van der Waals surface area contributed by atoms with Crippen LogP contribution in [0.5, 0.6) is 0 Å². The Kier molecular flexibility index (Phi) is 3.54. The first-order valence-electron chi connectivity index (χ1n) is 6.89. The number of anilines is 1. The molecule has 7 heteroatoms. The molecule has 0 amide bonds. The van der Waals surface area contributed by atoms with Gasteiger partial charge in [0.2, 0.25) is 0 Å². The Balaban J connectivity index is 1.56. The topological polar surface area (TPSA) is 67.6 Å². The lowest BCUT2D eigenvalue weighted by Crippen LogP contribution is -2.54. The predicted octanol–water partition coefficient (Wildman–Crippen LogP) is 0.647. The lowest BCUT2D eigenvalue weighted by atomic mass is 10.0. The molecule has 0 aliphatic carbocycles. The van der Waals surface area contributed by atoms with Crippen LogP contribution in [0, 0.1) is 0 Å². The van der Waals surface area contributed by atoms with Crippen molar-refractivity contribution in [1.29, 1.82) is 0 Å². The quantitative estimate of drug-likeness (QED) is 0.884. The summed E-state index contributed by atoms with van der Waals surface area (Å²) in [7, 11) is 0. The minimum Gasteiger partial charge on any atom is -0.378 e. The number of fused-ring (bicyclic) bond motifs is 1. The molecule has 3 rings (SSSR count).